The summed E-state index contributed by atoms with van der Waals surface area (Å²) in [6.45, 7) is 7.45. The maximum Gasteiger partial charge on any atom is 0.137 e. The summed E-state index contributed by atoms with van der Waals surface area (Å²) in [7, 11) is 0. The number of hydrogen-bond donors (Lipinski definition) is 0. The molecule has 25 heavy (non-hydrogen) atoms. The molecule has 0 spiro atoms. The summed E-state index contributed by atoms with van der Waals surface area (Å²) in [6.07, 6.45) is 1.06. The van der Waals surface area contributed by atoms with Gasteiger partial charge in [-0.2, -0.15) is 5.26 Å². The van der Waals surface area contributed by atoms with Crippen LogP contribution in [-0.2, 0) is 6.54 Å². The topological polar surface area (TPSA) is 36.3 Å². The van der Waals surface area contributed by atoms with E-state index in [9.17, 15) is 5.26 Å². The van der Waals surface area contributed by atoms with Crippen molar-refractivity contribution >= 4 is 15.9 Å². The van der Waals surface area contributed by atoms with E-state index in [-0.39, 0.29) is 11.5 Å². The minimum atomic E-state index is 0.0207. The Balaban J connectivity index is 1.68. The fourth-order valence-electron chi connectivity index (χ4n) is 3.49. The predicted octanol–water partition coefficient (Wildman–Crippen LogP) is 5.00. The summed E-state index contributed by atoms with van der Waals surface area (Å²) in [5.74, 6) is 0.681. The van der Waals surface area contributed by atoms with Gasteiger partial charge in [-0.15, -0.1) is 0 Å². The first-order chi connectivity index (χ1) is 12.0. The molecule has 1 aliphatic heterocycles. The minimum Gasteiger partial charge on any atom is -0.488 e. The van der Waals surface area contributed by atoms with Crippen LogP contribution in [0.2, 0.25) is 0 Å². The minimum absolute atomic E-state index is 0.0207. The van der Waals surface area contributed by atoms with Crippen LogP contribution in [0.3, 0.4) is 0 Å². The van der Waals surface area contributed by atoms with Crippen LogP contribution < -0.4 is 4.74 Å². The van der Waals surface area contributed by atoms with Gasteiger partial charge < -0.3 is 4.74 Å². The molecular formula is C21H23BrN2O. The standard InChI is InChI=1S/C21H23BrN2O/c1-21(2)15-24(14-16-6-4-3-5-7-16)11-10-20(21)25-19-9-8-18(22)12-17(19)13-23/h3-9,12,20H,10-11,14-15H2,1-2H3/t20-/m0/s1. The molecule has 2 aromatic rings. The van der Waals surface area contributed by atoms with Gasteiger partial charge in [-0.25, -0.2) is 0 Å². The molecule has 2 aromatic carbocycles. The molecule has 0 bridgehead atoms. The van der Waals surface area contributed by atoms with Gasteiger partial charge in [0.05, 0.1) is 5.56 Å². The quantitative estimate of drug-likeness (QED) is 0.726. The average molecular weight is 399 g/mol. The third-order valence-corrected chi connectivity index (χ3v) is 5.28. The van der Waals surface area contributed by atoms with E-state index in [1.807, 2.05) is 18.2 Å². The van der Waals surface area contributed by atoms with E-state index in [0.29, 0.717) is 11.3 Å². The maximum absolute atomic E-state index is 9.35. The molecule has 0 amide bonds. The number of likely N-dealkylation sites (tertiary alicyclic amines) is 1. The molecule has 0 aromatic heterocycles. The molecule has 1 heterocycles. The maximum atomic E-state index is 9.35. The number of piperidine rings is 1. The zero-order chi connectivity index (χ0) is 17.9. The molecule has 0 N–H and O–H groups in total. The summed E-state index contributed by atoms with van der Waals surface area (Å²) in [5.41, 5.74) is 1.95. The van der Waals surface area contributed by atoms with E-state index in [0.717, 1.165) is 30.5 Å². The van der Waals surface area contributed by atoms with Crippen LogP contribution in [0.5, 0.6) is 5.75 Å². The SMILES string of the molecule is CC1(C)CN(Cc2ccccc2)CC[C@@H]1Oc1ccc(Br)cc1C#N. The lowest BCUT2D eigenvalue weighted by molar-refractivity contribution is -0.0114. The summed E-state index contributed by atoms with van der Waals surface area (Å²) in [4.78, 5) is 2.49. The van der Waals surface area contributed by atoms with Crippen molar-refractivity contribution in [2.24, 2.45) is 5.41 Å². The molecule has 3 nitrogen and oxygen atoms in total. The molecule has 1 atom stereocenters. The predicted molar refractivity (Wildman–Crippen MR) is 103 cm³/mol. The monoisotopic (exact) mass is 398 g/mol. The normalized spacial score (nSPS) is 20.0. The highest BCUT2D eigenvalue weighted by atomic mass is 79.9. The molecule has 0 aliphatic carbocycles. The van der Waals surface area contributed by atoms with Crippen molar-refractivity contribution in [2.45, 2.75) is 32.9 Å². The van der Waals surface area contributed by atoms with Crippen LogP contribution in [0.4, 0.5) is 0 Å². The zero-order valence-electron chi connectivity index (χ0n) is 14.7. The van der Waals surface area contributed by atoms with Crippen molar-refractivity contribution in [1.29, 1.82) is 5.26 Å². The Morgan fingerprint density at radius 2 is 2.00 bits per heavy atom. The van der Waals surface area contributed by atoms with Crippen LogP contribution in [0, 0.1) is 16.7 Å². The summed E-state index contributed by atoms with van der Waals surface area (Å²) in [6, 6.07) is 18.4. The van der Waals surface area contributed by atoms with Crippen LogP contribution in [0.15, 0.2) is 53.0 Å². The third kappa shape index (κ3) is 4.42. The van der Waals surface area contributed by atoms with Crippen molar-refractivity contribution in [2.75, 3.05) is 13.1 Å². The van der Waals surface area contributed by atoms with E-state index in [1.165, 1.54) is 5.56 Å². The zero-order valence-corrected chi connectivity index (χ0v) is 16.3. The number of ether oxygens (including phenoxy) is 1. The Kier molecular flexibility index (Phi) is 5.46. The Labute approximate surface area is 158 Å². The molecule has 0 unspecified atom stereocenters. The molecule has 1 aliphatic rings. The average Bonchev–Trinajstić information content (AvgIpc) is 2.59. The lowest BCUT2D eigenvalue weighted by Crippen LogP contribution is -2.50. The van der Waals surface area contributed by atoms with Gasteiger partial charge in [0.2, 0.25) is 0 Å². The van der Waals surface area contributed by atoms with E-state index < -0.39 is 0 Å². The number of hydrogen-bond acceptors (Lipinski definition) is 3. The van der Waals surface area contributed by atoms with Crippen molar-refractivity contribution in [3.05, 3.63) is 64.1 Å². The van der Waals surface area contributed by atoms with Crippen LogP contribution in [-0.4, -0.2) is 24.1 Å². The molecular weight excluding hydrogens is 376 g/mol. The van der Waals surface area contributed by atoms with E-state index in [4.69, 9.17) is 4.74 Å². The molecule has 0 radical (unpaired) electrons. The van der Waals surface area contributed by atoms with Gasteiger partial charge in [-0.05, 0) is 30.2 Å². The second-order valence-electron chi connectivity index (χ2n) is 7.33. The van der Waals surface area contributed by atoms with Gasteiger partial charge in [0, 0.05) is 29.5 Å². The highest BCUT2D eigenvalue weighted by Gasteiger charge is 2.37. The Morgan fingerprint density at radius 1 is 1.24 bits per heavy atom. The van der Waals surface area contributed by atoms with Crippen LogP contribution in [0.25, 0.3) is 0 Å². The first kappa shape index (κ1) is 18.0. The number of halogens is 1. The van der Waals surface area contributed by atoms with Crippen molar-refractivity contribution < 1.29 is 4.74 Å². The highest BCUT2D eigenvalue weighted by Crippen LogP contribution is 2.35. The largest absolute Gasteiger partial charge is 0.488 e. The lowest BCUT2D eigenvalue weighted by atomic mass is 9.81. The molecule has 0 saturated carbocycles. The van der Waals surface area contributed by atoms with Crippen molar-refractivity contribution in [3.63, 3.8) is 0 Å². The first-order valence-corrected chi connectivity index (χ1v) is 9.40. The van der Waals surface area contributed by atoms with Gasteiger partial charge in [0.15, 0.2) is 0 Å². The van der Waals surface area contributed by atoms with Gasteiger partial charge in [0.25, 0.3) is 0 Å². The number of nitriles is 1. The van der Waals surface area contributed by atoms with E-state index >= 15 is 0 Å². The Bertz CT molecular complexity index is 767. The Hall–Kier alpha value is -1.83. The Morgan fingerprint density at radius 3 is 2.68 bits per heavy atom. The molecule has 3 rings (SSSR count). The van der Waals surface area contributed by atoms with E-state index in [2.05, 4.69) is 71.1 Å². The second kappa shape index (κ2) is 7.59. The smallest absolute Gasteiger partial charge is 0.137 e. The summed E-state index contributed by atoms with van der Waals surface area (Å²) >= 11 is 3.41. The second-order valence-corrected chi connectivity index (χ2v) is 8.25. The van der Waals surface area contributed by atoms with Crippen LogP contribution in [0.1, 0.15) is 31.4 Å². The number of rotatable bonds is 4. The third-order valence-electron chi connectivity index (χ3n) is 4.79. The number of nitrogens with zero attached hydrogens (tertiary/aromatic N) is 2. The summed E-state index contributed by atoms with van der Waals surface area (Å²) in [5, 5.41) is 9.35. The first-order valence-electron chi connectivity index (χ1n) is 8.60. The van der Waals surface area contributed by atoms with Crippen molar-refractivity contribution in [3.8, 4) is 11.8 Å². The molecule has 1 fully saturated rings. The number of benzene rings is 2. The lowest BCUT2D eigenvalue weighted by Gasteiger charge is -2.44. The van der Waals surface area contributed by atoms with Gasteiger partial charge in [-0.3, -0.25) is 4.90 Å². The van der Waals surface area contributed by atoms with E-state index in [1.54, 1.807) is 0 Å². The fourth-order valence-corrected chi connectivity index (χ4v) is 3.85. The summed E-state index contributed by atoms with van der Waals surface area (Å²) < 4.78 is 7.17. The van der Waals surface area contributed by atoms with Gasteiger partial charge >= 0.3 is 0 Å². The highest BCUT2D eigenvalue weighted by molar-refractivity contribution is 9.10. The molecule has 4 heteroatoms. The van der Waals surface area contributed by atoms with Gasteiger partial charge in [-0.1, -0.05) is 60.1 Å². The van der Waals surface area contributed by atoms with Crippen LogP contribution >= 0.6 is 15.9 Å². The van der Waals surface area contributed by atoms with Crippen molar-refractivity contribution in [1.82, 2.24) is 4.90 Å². The molecule has 1 saturated heterocycles. The fraction of sp³-hybridized carbons (Fsp3) is 0.381. The molecule has 130 valence electrons. The van der Waals surface area contributed by atoms with Gasteiger partial charge in [0.1, 0.15) is 17.9 Å².